The van der Waals surface area contributed by atoms with Crippen LogP contribution in [0.25, 0.3) is 28.0 Å². The zero-order chi connectivity index (χ0) is 16.8. The molecule has 0 saturated heterocycles. The summed E-state index contributed by atoms with van der Waals surface area (Å²) in [5, 5.41) is 24.5. The number of nitrogens with one attached hydrogen (secondary N) is 1. The molecule has 0 fully saturated rings. The molecule has 6 nitrogen and oxygen atoms in total. The van der Waals surface area contributed by atoms with E-state index in [0.29, 0.717) is 11.4 Å². The number of Topliss-reactive ketones (excluding diaryl/α,β-unsaturated/α-hetero) is 1. The maximum absolute atomic E-state index is 12.1. The van der Waals surface area contributed by atoms with Crippen LogP contribution in [-0.2, 0) is 0 Å². The van der Waals surface area contributed by atoms with E-state index in [1.54, 1.807) is 18.5 Å². The van der Waals surface area contributed by atoms with Crippen LogP contribution in [0.3, 0.4) is 0 Å². The van der Waals surface area contributed by atoms with E-state index in [1.807, 2.05) is 22.9 Å². The van der Waals surface area contributed by atoms with Crippen molar-refractivity contribution < 1.29 is 15.0 Å². The number of nitrogens with zero attached hydrogens (tertiary/aromatic N) is 2. The van der Waals surface area contributed by atoms with E-state index in [1.165, 1.54) is 22.8 Å². The second-order valence-corrected chi connectivity index (χ2v) is 6.18. The Morgan fingerprint density at radius 3 is 2.83 bits per heavy atom. The minimum absolute atomic E-state index is 0.107. The molecule has 4 rings (SSSR count). The van der Waals surface area contributed by atoms with Gasteiger partial charge in [0.05, 0.1) is 34.3 Å². The first-order valence-corrected chi connectivity index (χ1v) is 8.16. The van der Waals surface area contributed by atoms with Gasteiger partial charge >= 0.3 is 0 Å². The highest BCUT2D eigenvalue weighted by atomic mass is 32.1. The number of H-pyrrole nitrogens is 1. The molecular weight excluding hydrogens is 326 g/mol. The number of hydrogen-bond acceptors (Lipinski definition) is 5. The third kappa shape index (κ3) is 2.02. The lowest BCUT2D eigenvalue weighted by molar-refractivity contribution is 0.101. The second kappa shape index (κ2) is 5.24. The smallest absolute Gasteiger partial charge is 0.240 e. The van der Waals surface area contributed by atoms with Gasteiger partial charge in [0.25, 0.3) is 0 Å². The molecule has 120 valence electrons. The molecule has 3 heterocycles. The van der Waals surface area contributed by atoms with Gasteiger partial charge in [-0.2, -0.15) is 11.3 Å². The zero-order valence-corrected chi connectivity index (χ0v) is 13.5. The predicted molar refractivity (Wildman–Crippen MR) is 92.1 cm³/mol. The Bertz CT molecular complexity index is 1060. The molecule has 0 unspecified atom stereocenters. The minimum Gasteiger partial charge on any atom is -0.503 e. The van der Waals surface area contributed by atoms with E-state index in [2.05, 4.69) is 9.97 Å². The molecule has 0 radical (unpaired) electrons. The van der Waals surface area contributed by atoms with Gasteiger partial charge in [-0.1, -0.05) is 0 Å². The maximum atomic E-state index is 12.1. The molecule has 3 aromatic heterocycles. The van der Waals surface area contributed by atoms with Crippen LogP contribution in [0.15, 0.2) is 41.4 Å². The summed E-state index contributed by atoms with van der Waals surface area (Å²) in [6.45, 7) is 1.37. The van der Waals surface area contributed by atoms with Crippen LogP contribution in [0.4, 0.5) is 0 Å². The number of hydrogen-bond donors (Lipinski definition) is 3. The largest absolute Gasteiger partial charge is 0.503 e. The SMILES string of the molecule is CC(=O)c1c(O)c(O)n(-c2ccc3nc[nH]c3c2)c1-c1ccsc1. The van der Waals surface area contributed by atoms with Gasteiger partial charge in [-0.15, -0.1) is 0 Å². The van der Waals surface area contributed by atoms with E-state index < -0.39 is 5.75 Å². The van der Waals surface area contributed by atoms with Gasteiger partial charge in [0, 0.05) is 10.9 Å². The van der Waals surface area contributed by atoms with Crippen LogP contribution in [0.1, 0.15) is 17.3 Å². The van der Waals surface area contributed by atoms with Crippen LogP contribution >= 0.6 is 11.3 Å². The lowest BCUT2D eigenvalue weighted by Crippen LogP contribution is -2.00. The first-order chi connectivity index (χ1) is 11.6. The molecule has 0 bridgehead atoms. The van der Waals surface area contributed by atoms with Crippen molar-refractivity contribution in [1.29, 1.82) is 0 Å². The molecule has 24 heavy (non-hydrogen) atoms. The quantitative estimate of drug-likeness (QED) is 0.496. The third-order valence-electron chi connectivity index (χ3n) is 3.93. The Morgan fingerprint density at radius 1 is 1.29 bits per heavy atom. The highest BCUT2D eigenvalue weighted by molar-refractivity contribution is 7.08. The summed E-state index contributed by atoms with van der Waals surface area (Å²) in [6, 6.07) is 7.24. The first-order valence-electron chi connectivity index (χ1n) is 7.21. The number of benzene rings is 1. The Kier molecular flexibility index (Phi) is 3.17. The molecule has 3 N–H and O–H groups in total. The Hall–Kier alpha value is -3.06. The fraction of sp³-hybridized carbons (Fsp3) is 0.0588. The average Bonchev–Trinajstić information content (AvgIpc) is 3.27. The molecule has 1 aromatic carbocycles. The monoisotopic (exact) mass is 339 g/mol. The van der Waals surface area contributed by atoms with Crippen LogP contribution in [0.2, 0.25) is 0 Å². The van der Waals surface area contributed by atoms with Crippen molar-refractivity contribution in [3.05, 3.63) is 46.9 Å². The summed E-state index contributed by atoms with van der Waals surface area (Å²) in [7, 11) is 0. The molecule has 7 heteroatoms. The van der Waals surface area contributed by atoms with Gasteiger partial charge in [0.1, 0.15) is 0 Å². The lowest BCUT2D eigenvalue weighted by Gasteiger charge is -2.10. The van der Waals surface area contributed by atoms with Crippen molar-refractivity contribution in [1.82, 2.24) is 14.5 Å². The molecule has 0 atom stereocenters. The normalized spacial score (nSPS) is 11.2. The molecule has 0 aliphatic carbocycles. The Morgan fingerprint density at radius 2 is 2.12 bits per heavy atom. The Balaban J connectivity index is 2.07. The number of fused-ring (bicyclic) bond motifs is 1. The predicted octanol–water partition coefficient (Wildman–Crippen LogP) is 3.70. The van der Waals surface area contributed by atoms with E-state index in [4.69, 9.17) is 0 Å². The van der Waals surface area contributed by atoms with E-state index in [9.17, 15) is 15.0 Å². The molecule has 0 amide bonds. The van der Waals surface area contributed by atoms with Gasteiger partial charge in [0.2, 0.25) is 5.88 Å². The number of carbonyl (C=O) groups is 1. The summed E-state index contributed by atoms with van der Waals surface area (Å²) >= 11 is 1.47. The summed E-state index contributed by atoms with van der Waals surface area (Å²) in [4.78, 5) is 19.2. The Labute approximate surface area is 140 Å². The summed E-state index contributed by atoms with van der Waals surface area (Å²) < 4.78 is 1.48. The van der Waals surface area contributed by atoms with E-state index in [0.717, 1.165) is 16.6 Å². The van der Waals surface area contributed by atoms with Crippen molar-refractivity contribution in [2.24, 2.45) is 0 Å². The minimum atomic E-state index is -0.409. The fourth-order valence-electron chi connectivity index (χ4n) is 2.87. The molecular formula is C17H13N3O3S. The summed E-state index contributed by atoms with van der Waals surface area (Å²) in [6.07, 6.45) is 1.59. The van der Waals surface area contributed by atoms with Crippen LogP contribution in [0.5, 0.6) is 11.6 Å². The van der Waals surface area contributed by atoms with Crippen molar-refractivity contribution in [2.75, 3.05) is 0 Å². The molecule has 0 aliphatic rings. The first kappa shape index (κ1) is 14.5. The number of aromatic hydroxyl groups is 2. The highest BCUT2D eigenvalue weighted by Crippen LogP contribution is 2.43. The average molecular weight is 339 g/mol. The third-order valence-corrected chi connectivity index (χ3v) is 4.61. The van der Waals surface area contributed by atoms with Gasteiger partial charge < -0.3 is 15.2 Å². The molecule has 0 spiro atoms. The lowest BCUT2D eigenvalue weighted by atomic mass is 10.1. The number of thiophene rings is 1. The topological polar surface area (TPSA) is 91.1 Å². The fourth-order valence-corrected chi connectivity index (χ4v) is 3.51. The zero-order valence-electron chi connectivity index (χ0n) is 12.6. The van der Waals surface area contributed by atoms with Gasteiger partial charge in [-0.25, -0.2) is 4.98 Å². The number of carbonyl (C=O) groups excluding carboxylic acids is 1. The number of imidazole rings is 1. The van der Waals surface area contributed by atoms with Crippen molar-refractivity contribution in [3.8, 4) is 28.6 Å². The molecule has 0 aliphatic heterocycles. The number of aromatic nitrogens is 3. The number of rotatable bonds is 3. The van der Waals surface area contributed by atoms with E-state index in [-0.39, 0.29) is 17.2 Å². The standard InChI is InChI=1S/C17H13N3O3S/c1-9(21)14-15(10-4-5-24-7-10)20(17(23)16(14)22)11-2-3-12-13(6-11)19-8-18-12/h2-8,22-23H,1H3,(H,18,19). The van der Waals surface area contributed by atoms with Crippen LogP contribution in [-0.4, -0.2) is 30.5 Å². The summed E-state index contributed by atoms with van der Waals surface area (Å²) in [5.41, 5.74) is 3.53. The van der Waals surface area contributed by atoms with Crippen molar-refractivity contribution >= 4 is 28.2 Å². The van der Waals surface area contributed by atoms with Gasteiger partial charge in [-0.3, -0.25) is 9.36 Å². The van der Waals surface area contributed by atoms with Gasteiger partial charge in [-0.05, 0) is 36.6 Å². The second-order valence-electron chi connectivity index (χ2n) is 5.40. The van der Waals surface area contributed by atoms with Crippen molar-refractivity contribution in [3.63, 3.8) is 0 Å². The number of aromatic amines is 1. The molecule has 4 aromatic rings. The summed E-state index contributed by atoms with van der Waals surface area (Å²) in [5.74, 6) is -1.08. The molecule has 0 saturated carbocycles. The van der Waals surface area contributed by atoms with Crippen LogP contribution in [0, 0.1) is 0 Å². The van der Waals surface area contributed by atoms with Crippen molar-refractivity contribution in [2.45, 2.75) is 6.92 Å². The van der Waals surface area contributed by atoms with E-state index >= 15 is 0 Å². The highest BCUT2D eigenvalue weighted by Gasteiger charge is 2.27. The van der Waals surface area contributed by atoms with Crippen LogP contribution < -0.4 is 0 Å². The maximum Gasteiger partial charge on any atom is 0.240 e. The number of ketones is 1. The van der Waals surface area contributed by atoms with Gasteiger partial charge in [0.15, 0.2) is 11.5 Å².